The Morgan fingerprint density at radius 3 is 1.73 bits per heavy atom. The molecule has 0 spiro atoms. The molecule has 0 radical (unpaired) electrons. The number of hydrogen-bond acceptors (Lipinski definition) is 18. The third kappa shape index (κ3) is 8.25. The summed E-state index contributed by atoms with van der Waals surface area (Å²) in [6.45, 7) is 2.60. The minimum atomic E-state index is -5.34. The Hall–Kier alpha value is -0.740. The quantitative estimate of drug-likeness (QED) is 0.0990. The first kappa shape index (κ1) is 34.7. The van der Waals surface area contributed by atoms with Crippen molar-refractivity contribution in [3.8, 4) is 0 Å². The molecule has 0 amide bonds. The van der Waals surface area contributed by atoms with Crippen molar-refractivity contribution < 1.29 is 73.7 Å². The fraction of sp³-hybridized carbons (Fsp3) is 1.00. The number of hydrogen-bond donors (Lipinski definition) is 10. The van der Waals surface area contributed by atoms with Crippen LogP contribution in [0, 0.1) is 0 Å². The van der Waals surface area contributed by atoms with Crippen LogP contribution in [0.3, 0.4) is 0 Å². The maximum atomic E-state index is 11.5. The summed E-state index contributed by atoms with van der Waals surface area (Å²) in [6, 6.07) is -4.57. The molecule has 2 heterocycles. The molecule has 2 aliphatic heterocycles. The van der Waals surface area contributed by atoms with E-state index in [0.29, 0.717) is 0 Å². The lowest BCUT2D eigenvalue weighted by Gasteiger charge is -2.48. The van der Waals surface area contributed by atoms with E-state index in [2.05, 4.69) is 8.37 Å². The monoisotopic (exact) mass is 642 g/mol. The first-order valence-corrected chi connectivity index (χ1v) is 15.1. The van der Waals surface area contributed by atoms with Gasteiger partial charge in [-0.2, -0.15) is 16.8 Å². The largest absolute Gasteiger partial charge is 0.397 e. The Morgan fingerprint density at radius 2 is 1.24 bits per heavy atom. The number of rotatable bonds is 10. The van der Waals surface area contributed by atoms with Crippen LogP contribution in [0.1, 0.15) is 20.3 Å². The second-order valence-electron chi connectivity index (χ2n) is 10.3. The fourth-order valence-electron chi connectivity index (χ4n) is 5.04. The van der Waals surface area contributed by atoms with Crippen molar-refractivity contribution in [2.24, 2.45) is 22.9 Å². The number of aliphatic hydroxyl groups excluding tert-OH is 4. The summed E-state index contributed by atoms with van der Waals surface area (Å²) in [4.78, 5) is 0. The highest BCUT2D eigenvalue weighted by Gasteiger charge is 2.55. The molecule has 0 unspecified atom stereocenters. The predicted molar refractivity (Wildman–Crippen MR) is 132 cm³/mol. The minimum absolute atomic E-state index is 0.0634. The van der Waals surface area contributed by atoms with Crippen molar-refractivity contribution in [2.75, 3.05) is 0 Å². The molecule has 3 aliphatic rings. The molecule has 3 rings (SSSR count). The Morgan fingerprint density at radius 1 is 0.732 bits per heavy atom. The van der Waals surface area contributed by atoms with E-state index in [-0.39, 0.29) is 6.42 Å². The summed E-state index contributed by atoms with van der Waals surface area (Å²) in [6.07, 6.45) is -19.7. The van der Waals surface area contributed by atoms with Gasteiger partial charge in [-0.05, 0) is 20.3 Å². The second kappa shape index (κ2) is 13.1. The standard InChI is InChI=1S/C19H38N4O16S2/c1-4(20)12-10(26)11(27)19(34-12)37-16-9(25)6(21)3-7(22)14(16)36-18-8(23)15(38-40(28,29)30)17(39-41(31,32)33)13(35-18)5(2)24/h4-19,24-27H,3,20-23H2,1-2H3,(H,28,29,30)(H,31,32,33)/t4-,5+,6+,7-,8+,9-,10-,11+,12+,13+,14+,15+,16+,17-,18+,19-/m0/s1. The third-order valence-corrected chi connectivity index (χ3v) is 7.93. The lowest BCUT2D eigenvalue weighted by atomic mass is 9.84. The van der Waals surface area contributed by atoms with Crippen LogP contribution in [0.15, 0.2) is 0 Å². The SMILES string of the molecule is C[C@H](N)[C@H]1O[C@@H](O[C@@H]2[C@@H](O)[C@H](N)C[C@H](N)[C@H]2O[C@H]2O[C@H]([C@@H](C)O)[C@H](OS(=O)(=O)O)[C@H](OS(=O)(=O)O)[C@H]2N)[C@H](O)[C@@H]1O. The Bertz CT molecular complexity index is 1100. The number of ether oxygens (including phenoxy) is 4. The molecule has 0 bridgehead atoms. The highest BCUT2D eigenvalue weighted by atomic mass is 32.3. The van der Waals surface area contributed by atoms with E-state index in [1.54, 1.807) is 0 Å². The van der Waals surface area contributed by atoms with Gasteiger partial charge in [0.2, 0.25) is 0 Å². The molecular weight excluding hydrogens is 604 g/mol. The van der Waals surface area contributed by atoms with Gasteiger partial charge >= 0.3 is 20.8 Å². The van der Waals surface area contributed by atoms with Gasteiger partial charge in [-0.3, -0.25) is 9.11 Å². The van der Waals surface area contributed by atoms with Gasteiger partial charge in [-0.25, -0.2) is 8.37 Å². The number of nitrogens with two attached hydrogens (primary N) is 4. The summed E-state index contributed by atoms with van der Waals surface area (Å²) in [5.74, 6) is 0. The molecule has 3 fully saturated rings. The van der Waals surface area contributed by atoms with E-state index in [0.717, 1.165) is 6.92 Å². The average molecular weight is 643 g/mol. The minimum Gasteiger partial charge on any atom is -0.391 e. The Labute approximate surface area is 235 Å². The molecule has 16 atom stereocenters. The fourth-order valence-corrected chi connectivity index (χ4v) is 6.06. The first-order chi connectivity index (χ1) is 18.7. The van der Waals surface area contributed by atoms with Crippen LogP contribution in [0.2, 0.25) is 0 Å². The molecule has 14 N–H and O–H groups in total. The van der Waals surface area contributed by atoms with Crippen LogP contribution >= 0.6 is 0 Å². The lowest BCUT2D eigenvalue weighted by molar-refractivity contribution is -0.311. The van der Waals surface area contributed by atoms with Crippen molar-refractivity contribution >= 4 is 20.8 Å². The Kier molecular flexibility index (Phi) is 11.1. The average Bonchev–Trinajstić information content (AvgIpc) is 3.10. The van der Waals surface area contributed by atoms with Crippen LogP contribution < -0.4 is 22.9 Å². The zero-order valence-electron chi connectivity index (χ0n) is 21.8. The lowest BCUT2D eigenvalue weighted by Crippen LogP contribution is -2.69. The van der Waals surface area contributed by atoms with Gasteiger partial charge in [-0.15, -0.1) is 0 Å². The van der Waals surface area contributed by atoms with E-state index < -0.39 is 119 Å². The molecule has 0 aromatic carbocycles. The third-order valence-electron chi connectivity index (χ3n) is 7.00. The topological polar surface area (TPSA) is 349 Å². The molecule has 41 heavy (non-hydrogen) atoms. The van der Waals surface area contributed by atoms with Gasteiger partial charge in [0.15, 0.2) is 12.6 Å². The van der Waals surface area contributed by atoms with Gasteiger partial charge in [0.25, 0.3) is 0 Å². The molecule has 0 aromatic heterocycles. The van der Waals surface area contributed by atoms with Crippen molar-refractivity contribution in [2.45, 2.75) is 118 Å². The number of aliphatic hydroxyl groups is 4. The van der Waals surface area contributed by atoms with E-state index in [1.165, 1.54) is 6.92 Å². The van der Waals surface area contributed by atoms with E-state index >= 15 is 0 Å². The maximum Gasteiger partial charge on any atom is 0.397 e. The second-order valence-corrected chi connectivity index (χ2v) is 12.4. The van der Waals surface area contributed by atoms with Gasteiger partial charge in [-0.1, -0.05) is 0 Å². The summed E-state index contributed by atoms with van der Waals surface area (Å²) in [5.41, 5.74) is 24.0. The van der Waals surface area contributed by atoms with Crippen LogP contribution in [-0.4, -0.2) is 144 Å². The molecule has 1 saturated carbocycles. The molecule has 20 nitrogen and oxygen atoms in total. The highest BCUT2D eigenvalue weighted by molar-refractivity contribution is 7.81. The van der Waals surface area contributed by atoms with Crippen molar-refractivity contribution in [1.82, 2.24) is 0 Å². The van der Waals surface area contributed by atoms with Crippen LogP contribution in [0.25, 0.3) is 0 Å². The predicted octanol–water partition coefficient (Wildman–Crippen LogP) is -6.22. The normalized spacial score (nSPS) is 45.9. The zero-order chi connectivity index (χ0) is 31.2. The van der Waals surface area contributed by atoms with Gasteiger partial charge in [0.1, 0.15) is 48.8 Å². The summed E-state index contributed by atoms with van der Waals surface area (Å²) in [7, 11) is -10.7. The van der Waals surface area contributed by atoms with Gasteiger partial charge < -0.3 is 62.3 Å². The molecule has 22 heteroatoms. The van der Waals surface area contributed by atoms with E-state index in [9.17, 15) is 46.4 Å². The molecule has 2 saturated heterocycles. The zero-order valence-corrected chi connectivity index (χ0v) is 23.5. The summed E-state index contributed by atoms with van der Waals surface area (Å²) < 4.78 is 96.1. The van der Waals surface area contributed by atoms with Crippen molar-refractivity contribution in [1.29, 1.82) is 0 Å². The smallest absolute Gasteiger partial charge is 0.391 e. The van der Waals surface area contributed by atoms with Crippen LogP contribution in [0.5, 0.6) is 0 Å². The Balaban J connectivity index is 1.93. The summed E-state index contributed by atoms with van der Waals surface area (Å²) in [5, 5.41) is 41.8. The molecule has 0 aromatic rings. The van der Waals surface area contributed by atoms with Gasteiger partial charge in [0, 0.05) is 18.1 Å². The summed E-state index contributed by atoms with van der Waals surface area (Å²) >= 11 is 0. The molecule has 242 valence electrons. The van der Waals surface area contributed by atoms with Crippen molar-refractivity contribution in [3.05, 3.63) is 0 Å². The van der Waals surface area contributed by atoms with E-state index in [1.807, 2.05) is 0 Å². The van der Waals surface area contributed by atoms with Crippen LogP contribution in [-0.2, 0) is 48.1 Å². The maximum absolute atomic E-state index is 11.5. The van der Waals surface area contributed by atoms with Crippen molar-refractivity contribution in [3.63, 3.8) is 0 Å². The van der Waals surface area contributed by atoms with Gasteiger partial charge in [0.05, 0.1) is 18.2 Å². The van der Waals surface area contributed by atoms with E-state index in [4.69, 9.17) is 41.9 Å². The molecular formula is C19H38N4O16S2. The van der Waals surface area contributed by atoms with Crippen LogP contribution in [0.4, 0.5) is 0 Å². The molecule has 1 aliphatic carbocycles. The highest BCUT2D eigenvalue weighted by Crippen LogP contribution is 2.34. The first-order valence-electron chi connectivity index (χ1n) is 12.4.